The molecule has 1 heterocycles. The molecular formula is C13H19NO5. The van der Waals surface area contributed by atoms with E-state index in [1.807, 2.05) is 0 Å². The van der Waals surface area contributed by atoms with Gasteiger partial charge in [-0.05, 0) is 25.5 Å². The average molecular weight is 269 g/mol. The Morgan fingerprint density at radius 3 is 2.74 bits per heavy atom. The van der Waals surface area contributed by atoms with E-state index in [4.69, 9.17) is 19.3 Å². The predicted octanol–water partition coefficient (Wildman–Crippen LogP) is 1.52. The number of hydrogen-bond donors (Lipinski definition) is 1. The minimum atomic E-state index is -1.05. The van der Waals surface area contributed by atoms with Gasteiger partial charge in [0.15, 0.2) is 0 Å². The van der Waals surface area contributed by atoms with E-state index in [-0.39, 0.29) is 18.1 Å². The number of ether oxygens (including phenoxy) is 3. The first-order valence-corrected chi connectivity index (χ1v) is 6.05. The van der Waals surface area contributed by atoms with Crippen molar-refractivity contribution in [2.75, 3.05) is 33.5 Å². The number of carbonyl (C=O) groups is 1. The molecule has 1 aromatic rings. The standard InChI is InChI=1S/C13H19NO5/c1-10-4-5-11(13(15)16)12(14-10)19-9-8-18-7-3-6-17-2/h4-5H,3,6-9H2,1-2H3,(H,15,16). The Hall–Kier alpha value is -1.66. The van der Waals surface area contributed by atoms with E-state index in [0.29, 0.717) is 25.5 Å². The van der Waals surface area contributed by atoms with Crippen LogP contribution in [0.2, 0.25) is 0 Å². The lowest BCUT2D eigenvalue weighted by molar-refractivity contribution is 0.0673. The summed E-state index contributed by atoms with van der Waals surface area (Å²) < 4.78 is 15.5. The summed E-state index contributed by atoms with van der Waals surface area (Å²) in [5, 5.41) is 8.99. The Kier molecular flexibility index (Phi) is 6.84. The van der Waals surface area contributed by atoms with Crippen molar-refractivity contribution in [2.24, 2.45) is 0 Å². The van der Waals surface area contributed by atoms with Gasteiger partial charge in [-0.3, -0.25) is 0 Å². The average Bonchev–Trinajstić information content (AvgIpc) is 2.37. The van der Waals surface area contributed by atoms with Gasteiger partial charge in [-0.2, -0.15) is 0 Å². The highest BCUT2D eigenvalue weighted by Gasteiger charge is 2.12. The van der Waals surface area contributed by atoms with Crippen molar-refractivity contribution < 1.29 is 24.1 Å². The molecule has 19 heavy (non-hydrogen) atoms. The number of pyridine rings is 1. The van der Waals surface area contributed by atoms with Crippen LogP contribution in [0.4, 0.5) is 0 Å². The molecule has 0 aliphatic rings. The molecule has 0 atom stereocenters. The quantitative estimate of drug-likeness (QED) is 0.685. The molecule has 6 heteroatoms. The number of aromatic nitrogens is 1. The zero-order chi connectivity index (χ0) is 14.1. The molecule has 0 spiro atoms. The Morgan fingerprint density at radius 1 is 1.26 bits per heavy atom. The zero-order valence-electron chi connectivity index (χ0n) is 11.2. The van der Waals surface area contributed by atoms with E-state index < -0.39 is 5.97 Å². The molecule has 0 saturated heterocycles. The number of carboxylic acid groups (broad SMARTS) is 1. The maximum Gasteiger partial charge on any atom is 0.341 e. The molecule has 6 nitrogen and oxygen atoms in total. The van der Waals surface area contributed by atoms with Gasteiger partial charge in [-0.15, -0.1) is 0 Å². The van der Waals surface area contributed by atoms with Crippen molar-refractivity contribution in [3.05, 3.63) is 23.4 Å². The van der Waals surface area contributed by atoms with Crippen LogP contribution in [0.25, 0.3) is 0 Å². The van der Waals surface area contributed by atoms with Crippen LogP contribution >= 0.6 is 0 Å². The van der Waals surface area contributed by atoms with Gasteiger partial charge in [0.2, 0.25) is 5.88 Å². The molecule has 0 amide bonds. The molecule has 0 aliphatic carbocycles. The minimum Gasteiger partial charge on any atom is -0.477 e. The molecule has 0 radical (unpaired) electrons. The molecule has 0 unspecified atom stereocenters. The van der Waals surface area contributed by atoms with Gasteiger partial charge >= 0.3 is 5.97 Å². The summed E-state index contributed by atoms with van der Waals surface area (Å²) in [5.41, 5.74) is 0.769. The van der Waals surface area contributed by atoms with Crippen LogP contribution in [0.5, 0.6) is 5.88 Å². The lowest BCUT2D eigenvalue weighted by Gasteiger charge is -2.09. The molecule has 106 valence electrons. The monoisotopic (exact) mass is 269 g/mol. The highest BCUT2D eigenvalue weighted by molar-refractivity contribution is 5.90. The Bertz CT molecular complexity index is 408. The molecule has 0 aromatic carbocycles. The minimum absolute atomic E-state index is 0.0602. The van der Waals surface area contributed by atoms with Crippen molar-refractivity contribution in [3.63, 3.8) is 0 Å². The Morgan fingerprint density at radius 2 is 2.05 bits per heavy atom. The summed E-state index contributed by atoms with van der Waals surface area (Å²) in [6.45, 7) is 3.68. The number of rotatable bonds is 9. The van der Waals surface area contributed by atoms with Crippen molar-refractivity contribution in [2.45, 2.75) is 13.3 Å². The molecule has 0 saturated carbocycles. The fourth-order valence-corrected chi connectivity index (χ4v) is 1.41. The number of aryl methyl sites for hydroxylation is 1. The van der Waals surface area contributed by atoms with E-state index in [9.17, 15) is 4.79 Å². The van der Waals surface area contributed by atoms with E-state index in [0.717, 1.165) is 6.42 Å². The van der Waals surface area contributed by atoms with E-state index in [2.05, 4.69) is 4.98 Å². The molecule has 1 N–H and O–H groups in total. The number of carboxylic acids is 1. The van der Waals surface area contributed by atoms with Crippen molar-refractivity contribution in [1.82, 2.24) is 4.98 Å². The molecule has 0 fully saturated rings. The summed E-state index contributed by atoms with van der Waals surface area (Å²) in [6, 6.07) is 3.12. The van der Waals surface area contributed by atoms with E-state index in [1.165, 1.54) is 6.07 Å². The van der Waals surface area contributed by atoms with Gasteiger partial charge in [0.1, 0.15) is 12.2 Å². The maximum atomic E-state index is 11.0. The van der Waals surface area contributed by atoms with Gasteiger partial charge in [-0.25, -0.2) is 9.78 Å². The molecule has 1 aromatic heterocycles. The second-order valence-corrected chi connectivity index (χ2v) is 3.92. The van der Waals surface area contributed by atoms with Gasteiger partial charge in [-0.1, -0.05) is 0 Å². The first kappa shape index (κ1) is 15.4. The third kappa shape index (κ3) is 5.67. The van der Waals surface area contributed by atoms with Gasteiger partial charge < -0.3 is 19.3 Å². The Labute approximate surface area is 112 Å². The van der Waals surface area contributed by atoms with Crippen LogP contribution in [-0.4, -0.2) is 49.6 Å². The van der Waals surface area contributed by atoms with Crippen LogP contribution < -0.4 is 4.74 Å². The van der Waals surface area contributed by atoms with E-state index in [1.54, 1.807) is 20.1 Å². The van der Waals surface area contributed by atoms with Crippen LogP contribution in [0, 0.1) is 6.92 Å². The number of aromatic carboxylic acids is 1. The van der Waals surface area contributed by atoms with Crippen LogP contribution in [-0.2, 0) is 9.47 Å². The summed E-state index contributed by atoms with van der Waals surface area (Å²) in [5.74, 6) is -0.920. The highest BCUT2D eigenvalue weighted by Crippen LogP contribution is 2.15. The summed E-state index contributed by atoms with van der Waals surface area (Å²) in [4.78, 5) is 15.0. The van der Waals surface area contributed by atoms with Gasteiger partial charge in [0, 0.05) is 26.0 Å². The fourth-order valence-electron chi connectivity index (χ4n) is 1.41. The topological polar surface area (TPSA) is 77.9 Å². The second-order valence-electron chi connectivity index (χ2n) is 3.92. The lowest BCUT2D eigenvalue weighted by atomic mass is 10.2. The van der Waals surface area contributed by atoms with Crippen molar-refractivity contribution >= 4 is 5.97 Å². The first-order valence-electron chi connectivity index (χ1n) is 6.05. The molecule has 0 bridgehead atoms. The lowest BCUT2D eigenvalue weighted by Crippen LogP contribution is -2.12. The third-order valence-corrected chi connectivity index (χ3v) is 2.33. The maximum absolute atomic E-state index is 11.0. The molecule has 0 aliphatic heterocycles. The van der Waals surface area contributed by atoms with Crippen LogP contribution in [0.3, 0.4) is 0 Å². The highest BCUT2D eigenvalue weighted by atomic mass is 16.5. The summed E-state index contributed by atoms with van der Waals surface area (Å²) in [6.07, 6.45) is 0.819. The van der Waals surface area contributed by atoms with Crippen molar-refractivity contribution in [1.29, 1.82) is 0 Å². The normalized spacial score (nSPS) is 10.4. The summed E-state index contributed by atoms with van der Waals surface area (Å²) >= 11 is 0. The smallest absolute Gasteiger partial charge is 0.341 e. The Balaban J connectivity index is 2.36. The van der Waals surface area contributed by atoms with Crippen molar-refractivity contribution in [3.8, 4) is 5.88 Å². The van der Waals surface area contributed by atoms with Gasteiger partial charge in [0.05, 0.1) is 6.61 Å². The number of methoxy groups -OCH3 is 1. The second kappa shape index (κ2) is 8.44. The fraction of sp³-hybridized carbons (Fsp3) is 0.538. The summed E-state index contributed by atoms with van der Waals surface area (Å²) in [7, 11) is 1.64. The third-order valence-electron chi connectivity index (χ3n) is 2.33. The molecule has 1 rings (SSSR count). The van der Waals surface area contributed by atoms with E-state index >= 15 is 0 Å². The van der Waals surface area contributed by atoms with Crippen LogP contribution in [0.1, 0.15) is 22.5 Å². The SMILES string of the molecule is COCCCOCCOc1nc(C)ccc1C(=O)O. The zero-order valence-corrected chi connectivity index (χ0v) is 11.2. The largest absolute Gasteiger partial charge is 0.477 e. The van der Waals surface area contributed by atoms with Crippen LogP contribution in [0.15, 0.2) is 12.1 Å². The first-order chi connectivity index (χ1) is 9.15. The number of nitrogens with zero attached hydrogens (tertiary/aromatic N) is 1. The van der Waals surface area contributed by atoms with Gasteiger partial charge in [0.25, 0.3) is 0 Å². The predicted molar refractivity (Wildman–Crippen MR) is 68.7 cm³/mol. The number of hydrogen-bond acceptors (Lipinski definition) is 5. The molecular weight excluding hydrogens is 250 g/mol.